The molecule has 0 radical (unpaired) electrons. The average Bonchev–Trinajstić information content (AvgIpc) is 2.76. The van der Waals surface area contributed by atoms with E-state index < -0.39 is 49.8 Å². The lowest BCUT2D eigenvalue weighted by atomic mass is 10.2. The molecule has 0 unspecified atom stereocenters. The fourth-order valence-corrected chi connectivity index (χ4v) is 4.41. The monoisotopic (exact) mass is 574 g/mol. The molecule has 2 amide bonds. The van der Waals surface area contributed by atoms with Gasteiger partial charge in [0.05, 0.1) is 17.1 Å². The highest BCUT2D eigenvalue weighted by molar-refractivity contribution is 7.99. The molecule has 0 saturated heterocycles. The molecule has 0 heterocycles. The molecule has 2 aromatic rings. The van der Waals surface area contributed by atoms with Crippen LogP contribution in [0.15, 0.2) is 46.2 Å². The molecule has 0 aliphatic carbocycles. The minimum Gasteiger partial charge on any atom is -0.444 e. The number of carbonyl (C=O) groups is 2. The van der Waals surface area contributed by atoms with Gasteiger partial charge in [-0.3, -0.25) is 10.6 Å². The van der Waals surface area contributed by atoms with E-state index in [9.17, 15) is 26.8 Å². The van der Waals surface area contributed by atoms with Crippen molar-refractivity contribution >= 4 is 45.2 Å². The first-order valence-corrected chi connectivity index (χ1v) is 14.5. The first-order valence-electron chi connectivity index (χ1n) is 11.8. The van der Waals surface area contributed by atoms with Crippen molar-refractivity contribution in [1.29, 1.82) is 0 Å². The number of ether oxygens (including phenoxy) is 2. The van der Waals surface area contributed by atoms with Gasteiger partial charge in [0.1, 0.15) is 16.1 Å². The quantitative estimate of drug-likeness (QED) is 0.350. The lowest BCUT2D eigenvalue weighted by molar-refractivity contribution is 0.0624. The van der Waals surface area contributed by atoms with Crippen LogP contribution in [0.2, 0.25) is 0 Å². The van der Waals surface area contributed by atoms with Gasteiger partial charge in [-0.15, -0.1) is 11.8 Å². The zero-order valence-electron chi connectivity index (χ0n) is 22.9. The van der Waals surface area contributed by atoms with E-state index in [0.29, 0.717) is 4.90 Å². The average molecular weight is 575 g/mol. The highest BCUT2D eigenvalue weighted by Gasteiger charge is 2.22. The van der Waals surface area contributed by atoms with Gasteiger partial charge in [0.15, 0.2) is 21.5 Å². The highest BCUT2D eigenvalue weighted by Crippen LogP contribution is 2.27. The number of thioether (sulfide) groups is 1. The summed E-state index contributed by atoms with van der Waals surface area (Å²) < 4.78 is 61.5. The zero-order valence-corrected chi connectivity index (χ0v) is 24.5. The molecule has 0 fully saturated rings. The van der Waals surface area contributed by atoms with Crippen LogP contribution >= 0.6 is 11.8 Å². The third-order valence-corrected chi connectivity index (χ3v) is 6.87. The van der Waals surface area contributed by atoms with Gasteiger partial charge < -0.3 is 9.47 Å². The maximum atomic E-state index is 14.1. The van der Waals surface area contributed by atoms with Gasteiger partial charge in [-0.1, -0.05) is 26.0 Å². The Labute approximate surface area is 227 Å². The van der Waals surface area contributed by atoms with Gasteiger partial charge in [-0.05, 0) is 71.6 Å². The Balaban J connectivity index is 0.000000382. The second-order valence-corrected chi connectivity index (χ2v) is 13.4. The van der Waals surface area contributed by atoms with Crippen molar-refractivity contribution in [3.8, 4) is 0 Å². The van der Waals surface area contributed by atoms with Crippen molar-refractivity contribution in [2.45, 2.75) is 76.4 Å². The summed E-state index contributed by atoms with van der Waals surface area (Å²) in [7, 11) is -3.69. The second kappa shape index (κ2) is 13.8. The number of halogens is 2. The Kier molecular flexibility index (Phi) is 12.0. The van der Waals surface area contributed by atoms with E-state index in [1.807, 2.05) is 6.92 Å². The van der Waals surface area contributed by atoms with Gasteiger partial charge in [0.25, 0.3) is 0 Å². The van der Waals surface area contributed by atoms with Crippen LogP contribution in [-0.4, -0.2) is 43.3 Å². The predicted octanol–water partition coefficient (Wildman–Crippen LogP) is 7.25. The summed E-state index contributed by atoms with van der Waals surface area (Å²) in [6, 6.07) is 8.69. The van der Waals surface area contributed by atoms with Gasteiger partial charge in [0.2, 0.25) is 0 Å². The summed E-state index contributed by atoms with van der Waals surface area (Å²) in [5, 5.41) is 4.62. The Bertz CT molecular complexity index is 1220. The number of nitrogens with one attached hydrogen (secondary N) is 2. The van der Waals surface area contributed by atoms with Crippen molar-refractivity contribution in [3.05, 3.63) is 48.0 Å². The zero-order chi connectivity index (χ0) is 29.3. The largest absolute Gasteiger partial charge is 0.444 e. The van der Waals surface area contributed by atoms with Crippen LogP contribution in [0.25, 0.3) is 0 Å². The minimum atomic E-state index is -3.69. The summed E-state index contributed by atoms with van der Waals surface area (Å²) in [4.78, 5) is 23.2. The Morgan fingerprint density at radius 1 is 0.816 bits per heavy atom. The Hall–Kier alpha value is -2.86. The number of carbonyl (C=O) groups excluding carboxylic acids is 2. The molecule has 38 heavy (non-hydrogen) atoms. The van der Waals surface area contributed by atoms with E-state index in [2.05, 4.69) is 10.6 Å². The molecule has 2 rings (SSSR count). The van der Waals surface area contributed by atoms with Gasteiger partial charge in [0, 0.05) is 4.90 Å². The molecule has 0 aliphatic rings. The number of anilines is 2. The second-order valence-electron chi connectivity index (χ2n) is 9.83. The molecular formula is C26H36F2N2O6S2. The van der Waals surface area contributed by atoms with Crippen LogP contribution in [0.4, 0.5) is 29.7 Å². The van der Waals surface area contributed by atoms with E-state index >= 15 is 0 Å². The van der Waals surface area contributed by atoms with Crippen molar-refractivity contribution in [3.63, 3.8) is 0 Å². The van der Waals surface area contributed by atoms with E-state index in [-0.39, 0.29) is 17.1 Å². The van der Waals surface area contributed by atoms with Crippen LogP contribution in [0.3, 0.4) is 0 Å². The molecule has 2 aromatic carbocycles. The number of amides is 2. The van der Waals surface area contributed by atoms with Gasteiger partial charge >= 0.3 is 12.2 Å². The fourth-order valence-electron chi connectivity index (χ4n) is 2.70. The van der Waals surface area contributed by atoms with Crippen molar-refractivity contribution in [2.75, 3.05) is 22.1 Å². The molecule has 0 spiro atoms. The van der Waals surface area contributed by atoms with E-state index in [4.69, 9.17) is 9.47 Å². The summed E-state index contributed by atoms with van der Waals surface area (Å²) in [6.07, 6.45) is -1.50. The molecule has 12 heteroatoms. The molecule has 212 valence electrons. The number of sulfone groups is 1. The molecule has 0 aromatic heterocycles. The summed E-state index contributed by atoms with van der Waals surface area (Å²) in [5.41, 5.74) is -1.42. The predicted molar refractivity (Wildman–Crippen MR) is 147 cm³/mol. The normalized spacial score (nSPS) is 11.6. The Morgan fingerprint density at radius 2 is 1.26 bits per heavy atom. The summed E-state index contributed by atoms with van der Waals surface area (Å²) in [5.74, 6) is -0.859. The Morgan fingerprint density at radius 3 is 1.68 bits per heavy atom. The first-order chi connectivity index (χ1) is 17.4. The standard InChI is InChI=1S/C13H18FNO4S.C13H18FNO2S/c1-5-20(17,18)10-8-6-7-9(11(10)14)15-12(16)19-13(2,3)4;1-5-18-10-8-6-7-9(11(10)14)15-12(16)17-13(2,3)4/h6-8H,5H2,1-4H3,(H,15,16);6-8H,5H2,1-4H3,(H,15,16). The first kappa shape index (κ1) is 33.2. The lowest BCUT2D eigenvalue weighted by Gasteiger charge is -2.20. The van der Waals surface area contributed by atoms with Crippen LogP contribution < -0.4 is 10.6 Å². The molecule has 0 atom stereocenters. The van der Waals surface area contributed by atoms with E-state index in [1.165, 1.54) is 36.9 Å². The third kappa shape index (κ3) is 11.3. The fraction of sp³-hybridized carbons (Fsp3) is 0.462. The molecular weight excluding hydrogens is 538 g/mol. The lowest BCUT2D eigenvalue weighted by Crippen LogP contribution is -2.27. The number of hydrogen-bond donors (Lipinski definition) is 2. The van der Waals surface area contributed by atoms with Crippen LogP contribution in [0.1, 0.15) is 55.4 Å². The van der Waals surface area contributed by atoms with E-state index in [1.54, 1.807) is 53.7 Å². The SMILES string of the molecule is CCS(=O)(=O)c1cccc(NC(=O)OC(C)(C)C)c1F.CCSc1cccc(NC(=O)OC(C)(C)C)c1F. The van der Waals surface area contributed by atoms with Crippen LogP contribution in [-0.2, 0) is 19.3 Å². The summed E-state index contributed by atoms with van der Waals surface area (Å²) in [6.45, 7) is 13.6. The highest BCUT2D eigenvalue weighted by atomic mass is 32.2. The van der Waals surface area contributed by atoms with Gasteiger partial charge in [-0.2, -0.15) is 0 Å². The maximum Gasteiger partial charge on any atom is 0.412 e. The molecule has 0 aliphatic heterocycles. The maximum absolute atomic E-state index is 14.1. The topological polar surface area (TPSA) is 111 Å². The number of rotatable bonds is 6. The number of benzene rings is 2. The van der Waals surface area contributed by atoms with Crippen molar-refractivity contribution < 1.29 is 36.3 Å². The smallest absolute Gasteiger partial charge is 0.412 e. The van der Waals surface area contributed by atoms with Crippen LogP contribution in [0, 0.1) is 11.6 Å². The summed E-state index contributed by atoms with van der Waals surface area (Å²) >= 11 is 1.39. The van der Waals surface area contributed by atoms with Gasteiger partial charge in [-0.25, -0.2) is 26.8 Å². The molecule has 0 bridgehead atoms. The van der Waals surface area contributed by atoms with Crippen LogP contribution in [0.5, 0.6) is 0 Å². The van der Waals surface area contributed by atoms with E-state index in [0.717, 1.165) is 11.8 Å². The number of hydrogen-bond acceptors (Lipinski definition) is 7. The van der Waals surface area contributed by atoms with Crippen molar-refractivity contribution in [2.24, 2.45) is 0 Å². The minimum absolute atomic E-state index is 0.141. The van der Waals surface area contributed by atoms with Crippen molar-refractivity contribution in [1.82, 2.24) is 0 Å². The molecule has 0 saturated carbocycles. The molecule has 2 N–H and O–H groups in total. The third-order valence-electron chi connectivity index (χ3n) is 4.21. The molecule has 8 nitrogen and oxygen atoms in total.